The zero-order chi connectivity index (χ0) is 12.5. The SMILES string of the molecule is Cc1ccc(Nc2nc(N)nc3c2CNC3)cc1. The third-order valence-corrected chi connectivity index (χ3v) is 3.02. The second-order valence-electron chi connectivity index (χ2n) is 4.45. The van der Waals surface area contributed by atoms with Crippen molar-refractivity contribution < 1.29 is 0 Å². The summed E-state index contributed by atoms with van der Waals surface area (Å²) in [5.74, 6) is 1.11. The Morgan fingerprint density at radius 3 is 2.72 bits per heavy atom. The second kappa shape index (κ2) is 4.27. The van der Waals surface area contributed by atoms with Crippen LogP contribution < -0.4 is 16.4 Å². The van der Waals surface area contributed by atoms with E-state index in [0.29, 0.717) is 5.95 Å². The van der Waals surface area contributed by atoms with Gasteiger partial charge < -0.3 is 16.4 Å². The normalized spacial score (nSPS) is 13.4. The van der Waals surface area contributed by atoms with Crippen molar-refractivity contribution >= 4 is 17.5 Å². The van der Waals surface area contributed by atoms with E-state index < -0.39 is 0 Å². The Labute approximate surface area is 105 Å². The van der Waals surface area contributed by atoms with E-state index in [2.05, 4.69) is 39.7 Å². The molecule has 0 fully saturated rings. The summed E-state index contributed by atoms with van der Waals surface area (Å²) in [6, 6.07) is 8.18. The first-order valence-electron chi connectivity index (χ1n) is 5.92. The molecule has 0 spiro atoms. The average Bonchev–Trinajstić information content (AvgIpc) is 2.80. The van der Waals surface area contributed by atoms with Gasteiger partial charge in [-0.15, -0.1) is 0 Å². The van der Waals surface area contributed by atoms with E-state index in [9.17, 15) is 0 Å². The van der Waals surface area contributed by atoms with Crippen molar-refractivity contribution in [3.05, 3.63) is 41.1 Å². The number of nitrogen functional groups attached to an aromatic ring is 1. The lowest BCUT2D eigenvalue weighted by Crippen LogP contribution is -2.05. The summed E-state index contributed by atoms with van der Waals surface area (Å²) < 4.78 is 0. The highest BCUT2D eigenvalue weighted by Crippen LogP contribution is 2.25. The molecule has 0 atom stereocenters. The Balaban J connectivity index is 1.95. The van der Waals surface area contributed by atoms with Crippen LogP contribution in [0.5, 0.6) is 0 Å². The summed E-state index contributed by atoms with van der Waals surface area (Å²) in [7, 11) is 0. The van der Waals surface area contributed by atoms with Gasteiger partial charge in [0.25, 0.3) is 0 Å². The molecule has 0 radical (unpaired) electrons. The van der Waals surface area contributed by atoms with Gasteiger partial charge in [-0.2, -0.15) is 4.98 Å². The van der Waals surface area contributed by atoms with Gasteiger partial charge in [0, 0.05) is 24.3 Å². The number of nitrogens with one attached hydrogen (secondary N) is 2. The van der Waals surface area contributed by atoms with Crippen LogP contribution in [0.1, 0.15) is 16.8 Å². The maximum Gasteiger partial charge on any atom is 0.222 e. The summed E-state index contributed by atoms with van der Waals surface area (Å²) in [4.78, 5) is 8.51. The molecule has 5 nitrogen and oxygen atoms in total. The van der Waals surface area contributed by atoms with Crippen LogP contribution in [0.2, 0.25) is 0 Å². The third-order valence-electron chi connectivity index (χ3n) is 3.02. The Morgan fingerprint density at radius 1 is 1.17 bits per heavy atom. The molecule has 1 aromatic heterocycles. The molecule has 5 heteroatoms. The number of nitrogens with two attached hydrogens (primary N) is 1. The highest BCUT2D eigenvalue weighted by atomic mass is 15.1. The van der Waals surface area contributed by atoms with Gasteiger partial charge in [-0.25, -0.2) is 4.98 Å². The van der Waals surface area contributed by atoms with Crippen LogP contribution in [0.15, 0.2) is 24.3 Å². The zero-order valence-corrected chi connectivity index (χ0v) is 10.2. The molecule has 0 amide bonds. The fourth-order valence-electron chi connectivity index (χ4n) is 2.06. The number of hydrogen-bond acceptors (Lipinski definition) is 5. The minimum Gasteiger partial charge on any atom is -0.368 e. The van der Waals surface area contributed by atoms with Gasteiger partial charge >= 0.3 is 0 Å². The van der Waals surface area contributed by atoms with Crippen molar-refractivity contribution in [3.8, 4) is 0 Å². The highest BCUT2D eigenvalue weighted by molar-refractivity contribution is 5.62. The fraction of sp³-hybridized carbons (Fsp3) is 0.231. The van der Waals surface area contributed by atoms with E-state index in [1.54, 1.807) is 0 Å². The number of benzene rings is 1. The number of hydrogen-bond donors (Lipinski definition) is 3. The Bertz CT molecular complexity index is 577. The third kappa shape index (κ3) is 2.00. The van der Waals surface area contributed by atoms with Crippen molar-refractivity contribution in [2.24, 2.45) is 0 Å². The molecule has 0 unspecified atom stereocenters. The molecule has 0 saturated heterocycles. The molecule has 0 bridgehead atoms. The van der Waals surface area contributed by atoms with E-state index in [0.717, 1.165) is 35.9 Å². The first kappa shape index (κ1) is 11.0. The van der Waals surface area contributed by atoms with Crippen LogP contribution >= 0.6 is 0 Å². The largest absolute Gasteiger partial charge is 0.368 e. The van der Waals surface area contributed by atoms with Gasteiger partial charge in [0.15, 0.2) is 0 Å². The minimum absolute atomic E-state index is 0.312. The maximum absolute atomic E-state index is 5.72. The predicted octanol–water partition coefficient (Wildman–Crippen LogP) is 1.71. The molecule has 1 aromatic carbocycles. The molecule has 92 valence electrons. The van der Waals surface area contributed by atoms with E-state index in [1.807, 2.05) is 12.1 Å². The van der Waals surface area contributed by atoms with Crippen molar-refractivity contribution in [1.82, 2.24) is 15.3 Å². The van der Waals surface area contributed by atoms with Gasteiger partial charge in [-0.1, -0.05) is 17.7 Å². The molecular formula is C13H15N5. The molecular weight excluding hydrogens is 226 g/mol. The molecule has 3 rings (SSSR count). The summed E-state index contributed by atoms with van der Waals surface area (Å²) in [6.45, 7) is 3.60. The van der Waals surface area contributed by atoms with Crippen molar-refractivity contribution in [3.63, 3.8) is 0 Å². The lowest BCUT2D eigenvalue weighted by Gasteiger charge is -2.10. The van der Waals surface area contributed by atoms with Crippen LogP contribution in [0.3, 0.4) is 0 Å². The summed E-state index contributed by atoms with van der Waals surface area (Å²) in [5.41, 5.74) is 10.0. The second-order valence-corrected chi connectivity index (χ2v) is 4.45. The molecule has 0 saturated carbocycles. The average molecular weight is 241 g/mol. The standard InChI is InChI=1S/C13H15N5/c1-8-2-4-9(5-3-8)16-12-10-6-15-7-11(10)17-13(14)18-12/h2-5,15H,6-7H2,1H3,(H3,14,16,17,18). The summed E-state index contributed by atoms with van der Waals surface area (Å²) >= 11 is 0. The number of fused-ring (bicyclic) bond motifs is 1. The Hall–Kier alpha value is -2.14. The van der Waals surface area contributed by atoms with Gasteiger partial charge in [0.2, 0.25) is 5.95 Å². The smallest absolute Gasteiger partial charge is 0.222 e. The number of aromatic nitrogens is 2. The summed E-state index contributed by atoms with van der Waals surface area (Å²) in [5, 5.41) is 6.55. The molecule has 0 aliphatic carbocycles. The van der Waals surface area contributed by atoms with Gasteiger partial charge in [0.05, 0.1) is 5.69 Å². The monoisotopic (exact) mass is 241 g/mol. The first-order chi connectivity index (χ1) is 8.72. The van der Waals surface area contributed by atoms with E-state index >= 15 is 0 Å². The van der Waals surface area contributed by atoms with Crippen molar-refractivity contribution in [2.75, 3.05) is 11.1 Å². The molecule has 18 heavy (non-hydrogen) atoms. The van der Waals surface area contributed by atoms with Crippen LogP contribution in [-0.4, -0.2) is 9.97 Å². The minimum atomic E-state index is 0.312. The fourth-order valence-corrected chi connectivity index (χ4v) is 2.06. The van der Waals surface area contributed by atoms with E-state index in [1.165, 1.54) is 5.56 Å². The topological polar surface area (TPSA) is 75.9 Å². The highest BCUT2D eigenvalue weighted by Gasteiger charge is 2.18. The maximum atomic E-state index is 5.72. The molecule has 2 aromatic rings. The molecule has 1 aliphatic rings. The van der Waals surface area contributed by atoms with Crippen LogP contribution in [0, 0.1) is 6.92 Å². The first-order valence-corrected chi connectivity index (χ1v) is 5.92. The predicted molar refractivity (Wildman–Crippen MR) is 71.4 cm³/mol. The van der Waals surface area contributed by atoms with Crippen LogP contribution in [0.25, 0.3) is 0 Å². The van der Waals surface area contributed by atoms with Gasteiger partial charge in [-0.05, 0) is 19.1 Å². The quantitative estimate of drug-likeness (QED) is 0.746. The van der Waals surface area contributed by atoms with Crippen LogP contribution in [0.4, 0.5) is 17.5 Å². The van der Waals surface area contributed by atoms with E-state index in [4.69, 9.17) is 5.73 Å². The molecule has 4 N–H and O–H groups in total. The van der Waals surface area contributed by atoms with Crippen molar-refractivity contribution in [2.45, 2.75) is 20.0 Å². The zero-order valence-electron chi connectivity index (χ0n) is 10.2. The van der Waals surface area contributed by atoms with E-state index in [-0.39, 0.29) is 0 Å². The lowest BCUT2D eigenvalue weighted by atomic mass is 10.2. The van der Waals surface area contributed by atoms with Crippen molar-refractivity contribution in [1.29, 1.82) is 0 Å². The Morgan fingerprint density at radius 2 is 1.94 bits per heavy atom. The Kier molecular flexibility index (Phi) is 2.60. The number of rotatable bonds is 2. The number of nitrogens with zero attached hydrogens (tertiary/aromatic N) is 2. The number of anilines is 3. The molecule has 1 aliphatic heterocycles. The lowest BCUT2D eigenvalue weighted by molar-refractivity contribution is 0.758. The number of aryl methyl sites for hydroxylation is 1. The molecule has 2 heterocycles. The van der Waals surface area contributed by atoms with Gasteiger partial charge in [-0.3, -0.25) is 0 Å². The van der Waals surface area contributed by atoms with Crippen LogP contribution in [-0.2, 0) is 13.1 Å². The van der Waals surface area contributed by atoms with Gasteiger partial charge in [0.1, 0.15) is 5.82 Å². The summed E-state index contributed by atoms with van der Waals surface area (Å²) in [6.07, 6.45) is 0.